The molecule has 0 aromatic rings. The molecule has 0 aromatic heterocycles. The van der Waals surface area contributed by atoms with Crippen LogP contribution in [-0.4, -0.2) is 94.3 Å². The van der Waals surface area contributed by atoms with E-state index in [0.29, 0.717) is 0 Å². The van der Waals surface area contributed by atoms with E-state index in [1.807, 2.05) is 0 Å². The Morgan fingerprint density at radius 3 is 2.30 bits per heavy atom. The minimum Gasteiger partial charge on any atom is -0.748 e. The molecule has 10 nitrogen and oxygen atoms in total. The van der Waals surface area contributed by atoms with E-state index in [-0.39, 0.29) is 0 Å². The summed E-state index contributed by atoms with van der Waals surface area (Å²) in [4.78, 5) is 0. The molecule has 1 unspecified atom stereocenters. The van der Waals surface area contributed by atoms with Crippen molar-refractivity contribution in [3.63, 3.8) is 0 Å². The zero-order chi connectivity index (χ0) is 15.5. The van der Waals surface area contributed by atoms with E-state index in [4.69, 9.17) is 19.7 Å². The number of aliphatic hydroxyl groups excluding tert-OH is 5. The van der Waals surface area contributed by atoms with Crippen molar-refractivity contribution in [3.05, 3.63) is 0 Å². The first-order chi connectivity index (χ1) is 9.15. The summed E-state index contributed by atoms with van der Waals surface area (Å²) in [6, 6.07) is 0. The summed E-state index contributed by atoms with van der Waals surface area (Å²) in [6.07, 6.45) is -9.67. The lowest BCUT2D eigenvalue weighted by molar-refractivity contribution is -0.296. The largest absolute Gasteiger partial charge is 0.748 e. The van der Waals surface area contributed by atoms with Crippen LogP contribution in [0, 0.1) is 0 Å². The lowest BCUT2D eigenvalue weighted by atomic mass is 10.00. The summed E-state index contributed by atoms with van der Waals surface area (Å²) >= 11 is 0. The summed E-state index contributed by atoms with van der Waals surface area (Å²) < 4.78 is 41.7. The Bertz CT molecular complexity index is 398. The van der Waals surface area contributed by atoms with E-state index in [2.05, 4.69) is 0 Å². The van der Waals surface area contributed by atoms with E-state index in [1.54, 1.807) is 0 Å². The molecular weight excluding hydrogens is 300 g/mol. The van der Waals surface area contributed by atoms with Crippen molar-refractivity contribution in [2.45, 2.75) is 36.8 Å². The minimum atomic E-state index is -4.73. The highest BCUT2D eigenvalue weighted by molar-refractivity contribution is 7.85. The second-order valence-electron chi connectivity index (χ2n) is 4.41. The van der Waals surface area contributed by atoms with Gasteiger partial charge in [0.05, 0.1) is 29.1 Å². The molecule has 0 bridgehead atoms. The van der Waals surface area contributed by atoms with Crippen LogP contribution in [0.3, 0.4) is 0 Å². The predicted octanol–water partition coefficient (Wildman–Crippen LogP) is -4.29. The molecule has 1 aliphatic heterocycles. The maximum Gasteiger partial charge on any atom is 0.186 e. The molecule has 6 atom stereocenters. The Balaban J connectivity index is 2.70. The molecule has 20 heavy (non-hydrogen) atoms. The Morgan fingerprint density at radius 2 is 1.80 bits per heavy atom. The van der Waals surface area contributed by atoms with Gasteiger partial charge in [-0.05, 0) is 0 Å². The van der Waals surface area contributed by atoms with Gasteiger partial charge in [-0.15, -0.1) is 0 Å². The molecule has 1 heterocycles. The summed E-state index contributed by atoms with van der Waals surface area (Å²) in [5.74, 6) is -1.11. The fourth-order valence-corrected chi connectivity index (χ4v) is 2.33. The van der Waals surface area contributed by atoms with Gasteiger partial charge in [-0.1, -0.05) is 0 Å². The van der Waals surface area contributed by atoms with Crippen molar-refractivity contribution >= 4 is 10.1 Å². The zero-order valence-corrected chi connectivity index (χ0v) is 11.1. The first kappa shape index (κ1) is 17.7. The maximum absolute atomic E-state index is 10.6. The molecule has 5 N–H and O–H groups in total. The predicted molar refractivity (Wildman–Crippen MR) is 60.3 cm³/mol. The van der Waals surface area contributed by atoms with Crippen LogP contribution in [0.4, 0.5) is 0 Å². The monoisotopic (exact) mass is 317 g/mol. The fourth-order valence-electron chi connectivity index (χ4n) is 1.65. The van der Waals surface area contributed by atoms with Gasteiger partial charge >= 0.3 is 0 Å². The Morgan fingerprint density at radius 1 is 1.20 bits per heavy atom. The first-order valence-electron chi connectivity index (χ1n) is 5.69. The van der Waals surface area contributed by atoms with Crippen molar-refractivity contribution in [3.8, 4) is 0 Å². The second kappa shape index (κ2) is 7.06. The molecule has 1 saturated heterocycles. The van der Waals surface area contributed by atoms with Gasteiger partial charge in [0, 0.05) is 0 Å². The summed E-state index contributed by atoms with van der Waals surface area (Å²) in [7, 11) is -4.73. The van der Waals surface area contributed by atoms with Crippen molar-refractivity contribution in [1.82, 2.24) is 0 Å². The number of aliphatic hydroxyl groups is 5. The Kier molecular flexibility index (Phi) is 6.25. The molecule has 0 amide bonds. The smallest absolute Gasteiger partial charge is 0.186 e. The third kappa shape index (κ3) is 4.87. The van der Waals surface area contributed by atoms with Gasteiger partial charge in [-0.2, -0.15) is 0 Å². The van der Waals surface area contributed by atoms with Crippen LogP contribution >= 0.6 is 0 Å². The topological polar surface area (TPSA) is 177 Å². The van der Waals surface area contributed by atoms with E-state index in [1.165, 1.54) is 0 Å². The highest BCUT2D eigenvalue weighted by Gasteiger charge is 2.44. The molecule has 120 valence electrons. The van der Waals surface area contributed by atoms with Gasteiger partial charge in [0.25, 0.3) is 0 Å². The van der Waals surface area contributed by atoms with Gasteiger partial charge in [-0.25, -0.2) is 8.42 Å². The van der Waals surface area contributed by atoms with Gasteiger partial charge in [0.1, 0.15) is 30.5 Å². The number of hydrogen-bond acceptors (Lipinski definition) is 10. The maximum atomic E-state index is 10.6. The molecule has 0 radical (unpaired) electrons. The van der Waals surface area contributed by atoms with Crippen LogP contribution in [0.5, 0.6) is 0 Å². The molecule has 1 aliphatic rings. The molecular formula is C9H17O10S-. The van der Waals surface area contributed by atoms with Crippen molar-refractivity contribution < 1.29 is 48.0 Å². The normalized spacial score (nSPS) is 36.8. The molecule has 1 fully saturated rings. The highest BCUT2D eigenvalue weighted by Crippen LogP contribution is 2.23. The van der Waals surface area contributed by atoms with Crippen LogP contribution < -0.4 is 0 Å². The molecule has 0 aromatic carbocycles. The number of hydrogen-bond donors (Lipinski definition) is 5. The Hall–Kier alpha value is -0.370. The number of ether oxygens (including phenoxy) is 2. The number of rotatable bonds is 6. The van der Waals surface area contributed by atoms with Crippen molar-refractivity contribution in [1.29, 1.82) is 0 Å². The molecule has 0 saturated carbocycles. The Labute approximate surface area is 114 Å². The van der Waals surface area contributed by atoms with Crippen molar-refractivity contribution in [2.24, 2.45) is 0 Å². The summed E-state index contributed by atoms with van der Waals surface area (Å²) in [5.41, 5.74) is 0. The van der Waals surface area contributed by atoms with Gasteiger partial charge in [-0.3, -0.25) is 0 Å². The quantitative estimate of drug-likeness (QED) is 0.301. The van der Waals surface area contributed by atoms with Gasteiger partial charge in [0.2, 0.25) is 0 Å². The van der Waals surface area contributed by atoms with Crippen LogP contribution in [-0.2, 0) is 19.6 Å². The summed E-state index contributed by atoms with van der Waals surface area (Å²) in [5, 5.41) is 46.3. The van der Waals surface area contributed by atoms with Crippen LogP contribution in [0.1, 0.15) is 0 Å². The fraction of sp³-hybridized carbons (Fsp3) is 1.00. The lowest BCUT2D eigenvalue weighted by Crippen LogP contribution is -2.60. The third-order valence-corrected chi connectivity index (χ3v) is 3.44. The highest BCUT2D eigenvalue weighted by atomic mass is 32.2. The van der Waals surface area contributed by atoms with Gasteiger partial charge in [0.15, 0.2) is 6.29 Å². The van der Waals surface area contributed by atoms with Crippen LogP contribution in [0.25, 0.3) is 0 Å². The third-order valence-electron chi connectivity index (χ3n) is 2.70. The van der Waals surface area contributed by atoms with E-state index in [0.717, 1.165) is 0 Å². The molecule has 11 heteroatoms. The molecule has 0 aliphatic carbocycles. The zero-order valence-electron chi connectivity index (χ0n) is 10.3. The van der Waals surface area contributed by atoms with E-state index in [9.17, 15) is 28.3 Å². The summed E-state index contributed by atoms with van der Waals surface area (Å²) in [6.45, 7) is -1.08. The standard InChI is InChI=1S/C9H18O10S/c10-1-4(11)2-18-9-8(14)7(13)6(12)5(19-9)3-20(15,16)17/h4-14H,1-3H2,(H,15,16,17)/p-1/t4?,5-,6-,7+,8-,9+/m1/s1. The van der Waals surface area contributed by atoms with Gasteiger partial charge < -0.3 is 39.6 Å². The SMILES string of the molecule is O=S(=O)([O-])C[C@H]1O[C@H](OCC(O)CO)[C@H](O)[C@@H](O)[C@@H]1O. The van der Waals surface area contributed by atoms with E-state index < -0.39 is 65.9 Å². The lowest BCUT2D eigenvalue weighted by Gasteiger charge is -2.40. The van der Waals surface area contributed by atoms with Crippen molar-refractivity contribution in [2.75, 3.05) is 19.0 Å². The molecule has 0 spiro atoms. The molecule has 1 rings (SSSR count). The van der Waals surface area contributed by atoms with E-state index >= 15 is 0 Å². The average molecular weight is 317 g/mol. The minimum absolute atomic E-state index is 0.460. The average Bonchev–Trinajstić information content (AvgIpc) is 2.36. The second-order valence-corrected chi connectivity index (χ2v) is 5.86. The van der Waals surface area contributed by atoms with Crippen LogP contribution in [0.2, 0.25) is 0 Å². The van der Waals surface area contributed by atoms with Crippen LogP contribution in [0.15, 0.2) is 0 Å². The first-order valence-corrected chi connectivity index (χ1v) is 7.27.